The summed E-state index contributed by atoms with van der Waals surface area (Å²) < 4.78 is 13.2. The van der Waals surface area contributed by atoms with Gasteiger partial charge in [0.1, 0.15) is 6.61 Å². The Morgan fingerprint density at radius 2 is 2.04 bits per heavy atom. The minimum Gasteiger partial charge on any atom is -0.493 e. The average molecular weight is 420 g/mol. The highest BCUT2D eigenvalue weighted by atomic mass is 35.5. The fourth-order valence-electron chi connectivity index (χ4n) is 2.58. The molecule has 148 valence electrons. The maximum absolute atomic E-state index is 6.25. The molecule has 3 rings (SSSR count). The van der Waals surface area contributed by atoms with Gasteiger partial charge in [-0.2, -0.15) is 0 Å². The van der Waals surface area contributed by atoms with Gasteiger partial charge in [-0.05, 0) is 22.1 Å². The second-order valence-electron chi connectivity index (χ2n) is 5.98. The van der Waals surface area contributed by atoms with Crippen LogP contribution in [0, 0.1) is 0 Å². The molecule has 28 heavy (non-hydrogen) atoms. The number of thioether (sulfide) groups is 1. The molecule has 0 unspecified atom stereocenters. The van der Waals surface area contributed by atoms with E-state index in [1.54, 1.807) is 29.6 Å². The van der Waals surface area contributed by atoms with Gasteiger partial charge in [-0.15, -0.1) is 5.10 Å². The molecule has 0 aliphatic carbocycles. The van der Waals surface area contributed by atoms with E-state index in [4.69, 9.17) is 21.1 Å². The molecule has 0 bridgehead atoms. The lowest BCUT2D eigenvalue weighted by molar-refractivity contribution is 0.281. The minimum atomic E-state index is 0.459. The van der Waals surface area contributed by atoms with Crippen LogP contribution < -0.4 is 14.8 Å². The molecule has 0 aliphatic rings. The van der Waals surface area contributed by atoms with Gasteiger partial charge < -0.3 is 14.8 Å². The Balaban J connectivity index is 1.60. The quantitative estimate of drug-likeness (QED) is 0.399. The first-order chi connectivity index (χ1) is 13.7. The maximum atomic E-state index is 6.25. The monoisotopic (exact) mass is 419 g/mol. The number of ether oxygens (including phenoxy) is 2. The molecule has 1 aromatic heterocycles. The smallest absolute Gasteiger partial charge is 0.209 e. The van der Waals surface area contributed by atoms with Crippen molar-refractivity contribution >= 4 is 23.4 Å². The number of tetrazole rings is 1. The highest BCUT2D eigenvalue weighted by Gasteiger charge is 2.13. The van der Waals surface area contributed by atoms with Crippen LogP contribution in [0.2, 0.25) is 5.02 Å². The molecule has 0 radical (unpaired) electrons. The molecule has 9 heteroatoms. The summed E-state index contributed by atoms with van der Waals surface area (Å²) in [5.41, 5.74) is 2.04. The van der Waals surface area contributed by atoms with E-state index in [1.165, 1.54) is 0 Å². The van der Waals surface area contributed by atoms with Gasteiger partial charge in [-0.1, -0.05) is 53.7 Å². The predicted molar refractivity (Wildman–Crippen MR) is 110 cm³/mol. The van der Waals surface area contributed by atoms with E-state index in [0.717, 1.165) is 28.6 Å². The van der Waals surface area contributed by atoms with Crippen molar-refractivity contribution in [1.82, 2.24) is 25.5 Å². The fraction of sp³-hybridized carbons (Fsp3) is 0.316. The molecule has 0 fully saturated rings. The largest absolute Gasteiger partial charge is 0.493 e. The van der Waals surface area contributed by atoms with Crippen LogP contribution in [0.15, 0.2) is 47.6 Å². The van der Waals surface area contributed by atoms with Gasteiger partial charge in [0.25, 0.3) is 0 Å². The molecular weight excluding hydrogens is 398 g/mol. The number of halogens is 1. The molecular formula is C19H22ClN5O2S. The fourth-order valence-corrected chi connectivity index (χ4v) is 3.56. The molecule has 7 nitrogen and oxygen atoms in total. The Morgan fingerprint density at radius 3 is 2.75 bits per heavy atom. The number of aromatic nitrogens is 4. The van der Waals surface area contributed by atoms with Gasteiger partial charge in [0.15, 0.2) is 11.5 Å². The second kappa shape index (κ2) is 10.3. The van der Waals surface area contributed by atoms with Crippen LogP contribution in [0.4, 0.5) is 0 Å². The maximum Gasteiger partial charge on any atom is 0.209 e. The summed E-state index contributed by atoms with van der Waals surface area (Å²) in [6, 6.07) is 13.7. The van der Waals surface area contributed by atoms with E-state index in [9.17, 15) is 0 Å². The summed E-state index contributed by atoms with van der Waals surface area (Å²) in [6.07, 6.45) is 0. The Bertz CT molecular complexity index is 891. The van der Waals surface area contributed by atoms with Crippen LogP contribution >= 0.6 is 23.4 Å². The van der Waals surface area contributed by atoms with Crippen LogP contribution in [0.25, 0.3) is 0 Å². The number of hydrogen-bond acceptors (Lipinski definition) is 7. The minimum absolute atomic E-state index is 0.459. The number of methoxy groups -OCH3 is 1. The van der Waals surface area contributed by atoms with Crippen molar-refractivity contribution in [2.75, 3.05) is 19.4 Å². The lowest BCUT2D eigenvalue weighted by Crippen LogP contribution is -2.17. The summed E-state index contributed by atoms with van der Waals surface area (Å²) in [5.74, 6) is 2.17. The van der Waals surface area contributed by atoms with E-state index >= 15 is 0 Å². The van der Waals surface area contributed by atoms with Crippen molar-refractivity contribution in [1.29, 1.82) is 0 Å². The van der Waals surface area contributed by atoms with Crippen LogP contribution in [-0.2, 0) is 20.2 Å². The topological polar surface area (TPSA) is 74.1 Å². The zero-order valence-electron chi connectivity index (χ0n) is 15.8. The second-order valence-corrected chi connectivity index (χ2v) is 7.48. The summed E-state index contributed by atoms with van der Waals surface area (Å²) in [5, 5.41) is 16.2. The third-order valence-corrected chi connectivity index (χ3v) is 5.18. The molecule has 2 aromatic carbocycles. The molecule has 0 amide bonds. The van der Waals surface area contributed by atoms with Crippen molar-refractivity contribution in [3.63, 3.8) is 0 Å². The molecule has 1 heterocycles. The van der Waals surface area contributed by atoms with Gasteiger partial charge in [0.2, 0.25) is 5.16 Å². The van der Waals surface area contributed by atoms with E-state index in [0.29, 0.717) is 29.7 Å². The predicted octanol–water partition coefficient (Wildman–Crippen LogP) is 3.33. The number of nitrogens with one attached hydrogen (secondary N) is 1. The Kier molecular flexibility index (Phi) is 7.53. The van der Waals surface area contributed by atoms with Crippen LogP contribution in [-0.4, -0.2) is 39.6 Å². The van der Waals surface area contributed by atoms with E-state index in [1.807, 2.05) is 43.4 Å². The standard InChI is InChI=1S/C19H22ClN5O2S/c1-25-19(22-23-24-25)28-9-8-21-12-15-10-16(20)11-17(26-2)18(15)27-13-14-6-4-3-5-7-14/h3-7,10-11,21H,8-9,12-13H2,1-2H3. The molecule has 0 atom stereocenters. The average Bonchev–Trinajstić information content (AvgIpc) is 3.12. The lowest BCUT2D eigenvalue weighted by Gasteiger charge is -2.16. The van der Waals surface area contributed by atoms with Crippen molar-refractivity contribution in [2.45, 2.75) is 18.3 Å². The molecule has 0 saturated carbocycles. The van der Waals surface area contributed by atoms with Crippen LogP contribution in [0.1, 0.15) is 11.1 Å². The van der Waals surface area contributed by atoms with Crippen LogP contribution in [0.5, 0.6) is 11.5 Å². The van der Waals surface area contributed by atoms with Crippen molar-refractivity contribution in [3.05, 3.63) is 58.6 Å². The molecule has 0 spiro atoms. The highest BCUT2D eigenvalue weighted by Crippen LogP contribution is 2.35. The lowest BCUT2D eigenvalue weighted by atomic mass is 10.1. The van der Waals surface area contributed by atoms with E-state index < -0.39 is 0 Å². The SMILES string of the molecule is COc1cc(Cl)cc(CNCCSc2nnnn2C)c1OCc1ccccc1. The Labute approximate surface area is 173 Å². The van der Waals surface area contributed by atoms with Gasteiger partial charge in [0, 0.05) is 42.5 Å². The zero-order valence-corrected chi connectivity index (χ0v) is 17.3. The Morgan fingerprint density at radius 1 is 1.21 bits per heavy atom. The number of hydrogen-bond donors (Lipinski definition) is 1. The number of benzene rings is 2. The number of aryl methyl sites for hydroxylation is 1. The van der Waals surface area contributed by atoms with Crippen molar-refractivity contribution < 1.29 is 9.47 Å². The van der Waals surface area contributed by atoms with Gasteiger partial charge >= 0.3 is 0 Å². The summed E-state index contributed by atoms with van der Waals surface area (Å²) in [7, 11) is 3.44. The highest BCUT2D eigenvalue weighted by molar-refractivity contribution is 7.99. The van der Waals surface area contributed by atoms with Gasteiger partial charge in [-0.25, -0.2) is 4.68 Å². The first kappa shape index (κ1) is 20.4. The molecule has 0 aliphatic heterocycles. The zero-order chi connectivity index (χ0) is 19.8. The molecule has 1 N–H and O–H groups in total. The molecule has 0 saturated heterocycles. The van der Waals surface area contributed by atoms with Gasteiger partial charge in [-0.3, -0.25) is 0 Å². The van der Waals surface area contributed by atoms with Crippen molar-refractivity contribution in [3.8, 4) is 11.5 Å². The number of rotatable bonds is 10. The van der Waals surface area contributed by atoms with E-state index in [2.05, 4.69) is 20.8 Å². The van der Waals surface area contributed by atoms with Crippen molar-refractivity contribution in [2.24, 2.45) is 7.05 Å². The third-order valence-electron chi connectivity index (χ3n) is 3.95. The number of nitrogens with zero attached hydrogens (tertiary/aromatic N) is 4. The van der Waals surface area contributed by atoms with Crippen LogP contribution in [0.3, 0.4) is 0 Å². The summed E-state index contributed by atoms with van der Waals surface area (Å²) >= 11 is 7.84. The first-order valence-electron chi connectivity index (χ1n) is 8.76. The first-order valence-corrected chi connectivity index (χ1v) is 10.1. The van der Waals surface area contributed by atoms with Gasteiger partial charge in [0.05, 0.1) is 7.11 Å². The third kappa shape index (κ3) is 5.60. The summed E-state index contributed by atoms with van der Waals surface area (Å²) in [6.45, 7) is 1.85. The summed E-state index contributed by atoms with van der Waals surface area (Å²) in [4.78, 5) is 0. The Hall–Kier alpha value is -2.29. The molecule has 3 aromatic rings. The normalized spacial score (nSPS) is 10.8. The van der Waals surface area contributed by atoms with E-state index in [-0.39, 0.29) is 0 Å².